The molecule has 2 aliphatic rings. The molecule has 0 saturated carbocycles. The van der Waals surface area contributed by atoms with Crippen LogP contribution in [-0.2, 0) is 49.6 Å². The van der Waals surface area contributed by atoms with Crippen LogP contribution in [0.3, 0.4) is 0 Å². The summed E-state index contributed by atoms with van der Waals surface area (Å²) in [5, 5.41) is 30.4. The van der Waals surface area contributed by atoms with Crippen LogP contribution >= 0.6 is 33.3 Å². The van der Waals surface area contributed by atoms with Gasteiger partial charge in [0.1, 0.15) is 36.3 Å². The van der Waals surface area contributed by atoms with Gasteiger partial charge in [-0.25, -0.2) is 0 Å². The second-order valence-electron chi connectivity index (χ2n) is 14.7. The highest BCUT2D eigenvalue weighted by atomic mass is 33.1. The van der Waals surface area contributed by atoms with Crippen LogP contribution in [0.2, 0.25) is 0 Å². The molecule has 25 heteroatoms. The smallest absolute Gasteiger partial charge is 0.305 e. The number of unbranched alkanes of at least 4 members (excludes halogenated alkanes) is 1. The Kier molecular flexibility index (Phi) is 22.9. The van der Waals surface area contributed by atoms with Crippen molar-refractivity contribution >= 4 is 92.5 Å². The summed E-state index contributed by atoms with van der Waals surface area (Å²) in [5.41, 5.74) is 17.3. The van der Waals surface area contributed by atoms with Gasteiger partial charge in [-0.1, -0.05) is 51.9 Å². The second-order valence-corrected chi connectivity index (χ2v) is 18.3. The number of thioether (sulfide) groups is 1. The van der Waals surface area contributed by atoms with Crippen molar-refractivity contribution in [3.63, 3.8) is 0 Å². The maximum Gasteiger partial charge on any atom is 0.305 e. The molecule has 1 aromatic rings. The zero-order valence-corrected chi connectivity index (χ0v) is 37.3. The van der Waals surface area contributed by atoms with E-state index < -0.39 is 108 Å². The van der Waals surface area contributed by atoms with E-state index in [0.717, 1.165) is 21.6 Å². The Morgan fingerprint density at radius 2 is 1.25 bits per heavy atom. The highest BCUT2D eigenvalue weighted by Gasteiger charge is 2.34. The number of nitrogens with two attached hydrogens (primary N) is 3. The van der Waals surface area contributed by atoms with Crippen molar-refractivity contribution in [2.24, 2.45) is 22.2 Å². The zero-order chi connectivity index (χ0) is 46.3. The summed E-state index contributed by atoms with van der Waals surface area (Å²) in [6.45, 7) is 1.37. The third-order valence-corrected chi connectivity index (χ3v) is 13.0. The summed E-state index contributed by atoms with van der Waals surface area (Å²) in [6, 6.07) is 0.336. The minimum atomic E-state index is -1.70. The molecule has 2 bridgehead atoms. The summed E-state index contributed by atoms with van der Waals surface area (Å²) in [4.78, 5) is 125. The van der Waals surface area contributed by atoms with Crippen molar-refractivity contribution < 1.29 is 48.3 Å². The van der Waals surface area contributed by atoms with Gasteiger partial charge in [0.15, 0.2) is 5.96 Å². The number of hydrogen-bond acceptors (Lipinski definition) is 14. The largest absolute Gasteiger partial charge is 0.481 e. The summed E-state index contributed by atoms with van der Waals surface area (Å²) in [6.07, 6.45) is 0.501. The highest BCUT2D eigenvalue weighted by molar-refractivity contribution is 8.76. The SMILES string of the molecule is C[C@@H]1CSCC(=O)N[C@@H](CCCCN)C(=O)N[C@H]2CSSC[C@H](NC(=O)[C@H](CC(=O)O)NC(=O)CNC(=O)[C@H](CCCN=C(N)N)NC2=O)C(=O)N[C@@H](Cc2ccccc2)C(=O)N1. The first-order chi connectivity index (χ1) is 30.1. The lowest BCUT2D eigenvalue weighted by Crippen LogP contribution is -2.59. The monoisotopic (exact) mass is 938 g/mol. The van der Waals surface area contributed by atoms with Gasteiger partial charge >= 0.3 is 5.97 Å². The number of guanidine groups is 1. The Morgan fingerprint density at radius 3 is 1.87 bits per heavy atom. The number of benzene rings is 1. The fraction of sp³-hybridized carbons (Fsp3) is 0.579. The van der Waals surface area contributed by atoms with Gasteiger partial charge in [-0.3, -0.25) is 48.1 Å². The van der Waals surface area contributed by atoms with Crippen molar-refractivity contribution in [3.8, 4) is 0 Å². The molecule has 63 heavy (non-hydrogen) atoms. The molecule has 2 aliphatic heterocycles. The van der Waals surface area contributed by atoms with E-state index in [1.54, 1.807) is 37.3 Å². The van der Waals surface area contributed by atoms with Crippen LogP contribution in [0.4, 0.5) is 0 Å². The standard InChI is InChI=1S/C38H58N12O10S3/c1-21-17-61-20-30(52)45-24(10-5-6-12-39)33(56)49-27-18-62-63-19-28(37(60)48-25(34(57)44-21)14-22-8-3-2-4-9-22)50-35(58)26(15-31(53)54)46-29(51)16-43-32(55)23(47-36(27)59)11-7-13-42-38(40)41/h2-4,8-9,21,23-28H,5-7,10-20,39H2,1H3,(H,43,55)(H,44,57)(H,45,52)(H,46,51)(H,47,59)(H,48,60)(H,49,56)(H,50,58)(H,53,54)(H4,40,41,42)/t21-,23+,24+,25+,26+,27+,28+/m1/s1. The highest BCUT2D eigenvalue weighted by Crippen LogP contribution is 2.24. The predicted molar refractivity (Wildman–Crippen MR) is 240 cm³/mol. The summed E-state index contributed by atoms with van der Waals surface area (Å²) < 4.78 is 0. The lowest BCUT2D eigenvalue weighted by atomic mass is 10.0. The first kappa shape index (κ1) is 52.1. The van der Waals surface area contributed by atoms with Gasteiger partial charge in [-0.15, -0.1) is 11.8 Å². The van der Waals surface area contributed by atoms with Crippen molar-refractivity contribution in [3.05, 3.63) is 35.9 Å². The third kappa shape index (κ3) is 19.8. The van der Waals surface area contributed by atoms with Crippen LogP contribution in [-0.4, -0.2) is 149 Å². The Hall–Kier alpha value is -5.27. The van der Waals surface area contributed by atoms with E-state index in [1.807, 2.05) is 0 Å². The molecule has 8 amide bonds. The summed E-state index contributed by atoms with van der Waals surface area (Å²) >= 11 is 1.19. The summed E-state index contributed by atoms with van der Waals surface area (Å²) in [7, 11) is 2.02. The molecule has 0 aliphatic carbocycles. The van der Waals surface area contributed by atoms with Crippen LogP contribution in [0.5, 0.6) is 0 Å². The fourth-order valence-electron chi connectivity index (χ4n) is 6.15. The number of carboxylic acids is 1. The van der Waals surface area contributed by atoms with Gasteiger partial charge in [0.2, 0.25) is 47.3 Å². The van der Waals surface area contributed by atoms with Crippen LogP contribution in [0.1, 0.15) is 51.0 Å². The normalized spacial score (nSPS) is 25.5. The van der Waals surface area contributed by atoms with Crippen LogP contribution in [0, 0.1) is 0 Å². The molecule has 22 nitrogen and oxygen atoms in total. The number of aliphatic carboxylic acids is 1. The van der Waals surface area contributed by atoms with Gasteiger partial charge in [-0.2, -0.15) is 0 Å². The van der Waals surface area contributed by atoms with Gasteiger partial charge in [0.25, 0.3) is 0 Å². The number of nitrogens with zero attached hydrogens (tertiary/aromatic N) is 1. The first-order valence-corrected chi connectivity index (χ1v) is 23.9. The number of hydrogen-bond donors (Lipinski definition) is 12. The van der Waals surface area contributed by atoms with Crippen molar-refractivity contribution in [2.45, 2.75) is 94.2 Å². The molecule has 2 heterocycles. The van der Waals surface area contributed by atoms with Gasteiger partial charge in [-0.05, 0) is 51.1 Å². The van der Waals surface area contributed by atoms with E-state index in [-0.39, 0.29) is 61.2 Å². The Morgan fingerprint density at radius 1 is 0.683 bits per heavy atom. The van der Waals surface area contributed by atoms with Gasteiger partial charge in [0.05, 0.1) is 18.7 Å². The molecule has 7 atom stereocenters. The average Bonchev–Trinajstić information content (AvgIpc) is 3.22. The Balaban J connectivity index is 2.09. The molecule has 348 valence electrons. The number of carbonyl (C=O) groups is 9. The molecule has 0 aromatic heterocycles. The topological polar surface area (TPSA) is 361 Å². The molecule has 2 saturated heterocycles. The van der Waals surface area contributed by atoms with E-state index in [1.165, 1.54) is 11.8 Å². The number of nitrogens with one attached hydrogen (secondary N) is 8. The lowest BCUT2D eigenvalue weighted by Gasteiger charge is -2.26. The van der Waals surface area contributed by atoms with E-state index in [0.29, 0.717) is 24.9 Å². The second kappa shape index (κ2) is 27.7. The maximum atomic E-state index is 14.1. The number of carboxylic acid groups (broad SMARTS) is 1. The van der Waals surface area contributed by atoms with Crippen molar-refractivity contribution in [2.75, 3.05) is 42.6 Å². The average molecular weight is 939 g/mol. The summed E-state index contributed by atoms with van der Waals surface area (Å²) in [5.74, 6) is -8.05. The van der Waals surface area contributed by atoms with E-state index in [2.05, 4.69) is 47.5 Å². The van der Waals surface area contributed by atoms with E-state index in [4.69, 9.17) is 17.2 Å². The fourth-order valence-corrected chi connectivity index (χ4v) is 9.30. The molecule has 0 spiro atoms. The maximum absolute atomic E-state index is 14.1. The molecule has 15 N–H and O–H groups in total. The van der Waals surface area contributed by atoms with Crippen LogP contribution < -0.4 is 59.7 Å². The van der Waals surface area contributed by atoms with E-state index in [9.17, 15) is 48.3 Å². The molecule has 0 radical (unpaired) electrons. The molecule has 3 rings (SSSR count). The number of amides is 8. The minimum Gasteiger partial charge on any atom is -0.481 e. The first-order valence-electron chi connectivity index (χ1n) is 20.3. The minimum absolute atomic E-state index is 0.0310. The number of rotatable bonds is 12. The van der Waals surface area contributed by atoms with Gasteiger partial charge in [0, 0.05) is 36.3 Å². The number of aliphatic imine (C=N–C) groups is 1. The van der Waals surface area contributed by atoms with Crippen LogP contribution in [0.15, 0.2) is 35.3 Å². The number of carbonyl (C=O) groups excluding carboxylic acids is 8. The van der Waals surface area contributed by atoms with E-state index >= 15 is 0 Å². The molecular formula is C38H58N12O10S3. The van der Waals surface area contributed by atoms with Crippen LogP contribution in [0.25, 0.3) is 0 Å². The lowest BCUT2D eigenvalue weighted by molar-refractivity contribution is -0.141. The quantitative estimate of drug-likeness (QED) is 0.0420. The Bertz CT molecular complexity index is 1790. The number of fused-ring (bicyclic) bond motifs is 5. The molecule has 1 aromatic carbocycles. The third-order valence-electron chi connectivity index (χ3n) is 9.35. The predicted octanol–water partition coefficient (Wildman–Crippen LogP) is -3.44. The Labute approximate surface area is 376 Å². The molecule has 0 unspecified atom stereocenters. The zero-order valence-electron chi connectivity index (χ0n) is 34.9. The van der Waals surface area contributed by atoms with Gasteiger partial charge < -0.3 is 64.8 Å². The molecular weight excluding hydrogens is 881 g/mol. The van der Waals surface area contributed by atoms with Crippen molar-refractivity contribution in [1.82, 2.24) is 42.5 Å². The molecule has 2 fully saturated rings. The van der Waals surface area contributed by atoms with Crippen molar-refractivity contribution in [1.29, 1.82) is 0 Å².